The molecule has 2 N–H and O–H groups in total. The van der Waals surface area contributed by atoms with Crippen LogP contribution in [0.2, 0.25) is 0 Å². The molecule has 6 heteroatoms. The van der Waals surface area contributed by atoms with Crippen molar-refractivity contribution in [3.8, 4) is 0 Å². The monoisotopic (exact) mass is 402 g/mol. The number of nitrogens with one attached hydrogen (secondary N) is 2. The van der Waals surface area contributed by atoms with Crippen LogP contribution in [0.5, 0.6) is 0 Å². The van der Waals surface area contributed by atoms with Gasteiger partial charge in [-0.15, -0.1) is 0 Å². The molecule has 0 aliphatic carbocycles. The second-order valence-electron chi connectivity index (χ2n) is 7.75. The van der Waals surface area contributed by atoms with Crippen LogP contribution in [0.4, 0.5) is 5.69 Å². The fourth-order valence-electron chi connectivity index (χ4n) is 4.00. The molecule has 2 heterocycles. The van der Waals surface area contributed by atoms with Crippen LogP contribution in [0, 0.1) is 0 Å². The number of pyridine rings is 1. The first kappa shape index (κ1) is 20.0. The maximum Gasteiger partial charge on any atom is 0.252 e. The lowest BCUT2D eigenvalue weighted by molar-refractivity contribution is -0.114. The molecule has 1 aromatic heterocycles. The number of likely N-dealkylation sites (tertiary alicyclic amines) is 1. The van der Waals surface area contributed by atoms with Gasteiger partial charge in [-0.05, 0) is 30.5 Å². The van der Waals surface area contributed by atoms with E-state index in [2.05, 4.69) is 44.8 Å². The van der Waals surface area contributed by atoms with Gasteiger partial charge in [0.2, 0.25) is 5.91 Å². The number of para-hydroxylation sites is 1. The van der Waals surface area contributed by atoms with E-state index < -0.39 is 0 Å². The van der Waals surface area contributed by atoms with Crippen LogP contribution < -0.4 is 10.6 Å². The van der Waals surface area contributed by atoms with E-state index in [1.165, 1.54) is 12.5 Å². The number of piperidine rings is 1. The zero-order valence-electron chi connectivity index (χ0n) is 17.1. The lowest BCUT2D eigenvalue weighted by atomic mass is 10.0. The van der Waals surface area contributed by atoms with Crippen LogP contribution >= 0.6 is 0 Å². The van der Waals surface area contributed by atoms with E-state index >= 15 is 0 Å². The summed E-state index contributed by atoms with van der Waals surface area (Å²) in [5.41, 5.74) is 3.14. The molecule has 2 aromatic carbocycles. The van der Waals surface area contributed by atoms with Crippen molar-refractivity contribution in [1.29, 1.82) is 0 Å². The number of aromatic nitrogens is 1. The minimum atomic E-state index is -0.165. The molecule has 1 aliphatic rings. The highest BCUT2D eigenvalue weighted by molar-refractivity contribution is 6.10. The Bertz CT molecular complexity index is 1040. The van der Waals surface area contributed by atoms with Crippen molar-refractivity contribution in [3.63, 3.8) is 0 Å². The minimum absolute atomic E-state index is 0.0936. The van der Waals surface area contributed by atoms with Gasteiger partial charge in [-0.2, -0.15) is 0 Å². The van der Waals surface area contributed by atoms with Crippen LogP contribution in [0.3, 0.4) is 0 Å². The van der Waals surface area contributed by atoms with Crippen LogP contribution in [0.15, 0.2) is 60.8 Å². The van der Waals surface area contributed by atoms with E-state index in [9.17, 15) is 9.59 Å². The molecule has 0 saturated carbocycles. The first-order valence-corrected chi connectivity index (χ1v) is 10.3. The second kappa shape index (κ2) is 9.05. The van der Waals surface area contributed by atoms with E-state index in [0.717, 1.165) is 37.9 Å². The summed E-state index contributed by atoms with van der Waals surface area (Å²) >= 11 is 0. The van der Waals surface area contributed by atoms with Gasteiger partial charge in [-0.3, -0.25) is 19.5 Å². The van der Waals surface area contributed by atoms with Gasteiger partial charge < -0.3 is 10.6 Å². The Hall–Kier alpha value is -3.25. The highest BCUT2D eigenvalue weighted by atomic mass is 16.2. The fraction of sp³-hybridized carbons (Fsp3) is 0.292. The van der Waals surface area contributed by atoms with Crippen LogP contribution in [-0.4, -0.2) is 40.8 Å². The third-order valence-corrected chi connectivity index (χ3v) is 5.50. The Morgan fingerprint density at radius 1 is 1.03 bits per heavy atom. The number of nitrogens with zero attached hydrogens (tertiary/aromatic N) is 2. The topological polar surface area (TPSA) is 74.3 Å². The summed E-state index contributed by atoms with van der Waals surface area (Å²) in [7, 11) is 0. The van der Waals surface area contributed by atoms with Gasteiger partial charge in [0.1, 0.15) is 0 Å². The molecule has 30 heavy (non-hydrogen) atoms. The Kier molecular flexibility index (Phi) is 6.05. The SMILES string of the molecule is CC(=O)Nc1cccc2c(C(=O)NC3CCN(Cc4ccccc4)CC3)ccnc12. The fourth-order valence-corrected chi connectivity index (χ4v) is 4.00. The third kappa shape index (κ3) is 4.66. The maximum absolute atomic E-state index is 13.0. The third-order valence-electron chi connectivity index (χ3n) is 5.50. The lowest BCUT2D eigenvalue weighted by Crippen LogP contribution is -2.44. The number of carbonyl (C=O) groups excluding carboxylic acids is 2. The molecule has 1 saturated heterocycles. The molecule has 2 amide bonds. The predicted molar refractivity (Wildman–Crippen MR) is 118 cm³/mol. The molecule has 0 bridgehead atoms. The number of amides is 2. The number of rotatable bonds is 5. The quantitative estimate of drug-likeness (QED) is 0.684. The summed E-state index contributed by atoms with van der Waals surface area (Å²) in [5.74, 6) is -0.259. The number of anilines is 1. The molecule has 0 unspecified atom stereocenters. The van der Waals surface area contributed by atoms with Crippen molar-refractivity contribution < 1.29 is 9.59 Å². The van der Waals surface area contributed by atoms with Gasteiger partial charge in [0, 0.05) is 44.2 Å². The maximum atomic E-state index is 13.0. The molecular formula is C24H26N4O2. The summed E-state index contributed by atoms with van der Waals surface area (Å²) in [6, 6.07) is 17.9. The van der Waals surface area contributed by atoms with Gasteiger partial charge in [-0.25, -0.2) is 0 Å². The zero-order chi connectivity index (χ0) is 20.9. The van der Waals surface area contributed by atoms with Gasteiger partial charge in [0.15, 0.2) is 0 Å². The van der Waals surface area contributed by atoms with Crippen molar-refractivity contribution in [2.45, 2.75) is 32.4 Å². The zero-order valence-corrected chi connectivity index (χ0v) is 17.1. The van der Waals surface area contributed by atoms with Crippen molar-refractivity contribution in [1.82, 2.24) is 15.2 Å². The molecule has 1 aliphatic heterocycles. The highest BCUT2D eigenvalue weighted by Crippen LogP contribution is 2.24. The number of benzene rings is 2. The van der Waals surface area contributed by atoms with Gasteiger partial charge in [-0.1, -0.05) is 42.5 Å². The van der Waals surface area contributed by atoms with Crippen LogP contribution in [0.25, 0.3) is 10.9 Å². The Balaban J connectivity index is 1.41. The summed E-state index contributed by atoms with van der Waals surface area (Å²) in [6.45, 7) is 4.33. The lowest BCUT2D eigenvalue weighted by Gasteiger charge is -2.32. The van der Waals surface area contributed by atoms with Crippen LogP contribution in [0.1, 0.15) is 35.7 Å². The first-order valence-electron chi connectivity index (χ1n) is 10.3. The molecule has 154 valence electrons. The minimum Gasteiger partial charge on any atom is -0.349 e. The Morgan fingerprint density at radius 2 is 1.80 bits per heavy atom. The molecule has 0 atom stereocenters. The summed E-state index contributed by atoms with van der Waals surface area (Å²) in [4.78, 5) is 31.3. The summed E-state index contributed by atoms with van der Waals surface area (Å²) in [5, 5.41) is 6.71. The molecule has 6 nitrogen and oxygen atoms in total. The van der Waals surface area contributed by atoms with Gasteiger partial charge >= 0.3 is 0 Å². The normalized spacial score (nSPS) is 15.1. The van der Waals surface area contributed by atoms with E-state index in [0.29, 0.717) is 16.8 Å². The molecule has 0 spiro atoms. The van der Waals surface area contributed by atoms with E-state index in [-0.39, 0.29) is 17.9 Å². The average Bonchev–Trinajstić information content (AvgIpc) is 2.75. The molecule has 0 radical (unpaired) electrons. The van der Waals surface area contributed by atoms with Crippen molar-refractivity contribution >= 4 is 28.4 Å². The number of hydrogen-bond donors (Lipinski definition) is 2. The average molecular weight is 402 g/mol. The smallest absolute Gasteiger partial charge is 0.252 e. The van der Waals surface area contributed by atoms with Crippen molar-refractivity contribution in [3.05, 3.63) is 71.9 Å². The molecule has 3 aromatic rings. The summed E-state index contributed by atoms with van der Waals surface area (Å²) < 4.78 is 0. The number of fused-ring (bicyclic) bond motifs is 1. The number of hydrogen-bond acceptors (Lipinski definition) is 4. The Morgan fingerprint density at radius 3 is 2.53 bits per heavy atom. The molecule has 1 fully saturated rings. The second-order valence-corrected chi connectivity index (χ2v) is 7.75. The van der Waals surface area contributed by atoms with Crippen LogP contribution in [-0.2, 0) is 11.3 Å². The van der Waals surface area contributed by atoms with E-state index in [1.54, 1.807) is 18.3 Å². The molecule has 4 rings (SSSR count). The predicted octanol–water partition coefficient (Wildman–Crippen LogP) is 3.59. The van der Waals surface area contributed by atoms with E-state index in [1.807, 2.05) is 18.2 Å². The summed E-state index contributed by atoms with van der Waals surface area (Å²) in [6.07, 6.45) is 3.47. The van der Waals surface area contributed by atoms with Gasteiger partial charge in [0.05, 0.1) is 16.8 Å². The molecular weight excluding hydrogens is 376 g/mol. The highest BCUT2D eigenvalue weighted by Gasteiger charge is 2.22. The van der Waals surface area contributed by atoms with Crippen molar-refractivity contribution in [2.75, 3.05) is 18.4 Å². The van der Waals surface area contributed by atoms with E-state index in [4.69, 9.17) is 0 Å². The largest absolute Gasteiger partial charge is 0.349 e. The standard InChI is InChI=1S/C24H26N4O2/c1-17(29)26-22-9-5-8-20-21(10-13-25-23(20)22)24(30)27-19-11-14-28(15-12-19)16-18-6-3-2-4-7-18/h2-10,13,19H,11-12,14-16H2,1H3,(H,26,29)(H,27,30). The van der Waals surface area contributed by atoms with Crippen molar-refractivity contribution in [2.24, 2.45) is 0 Å². The van der Waals surface area contributed by atoms with Gasteiger partial charge in [0.25, 0.3) is 5.91 Å². The number of carbonyl (C=O) groups is 2. The Labute approximate surface area is 176 Å². The first-order chi connectivity index (χ1) is 14.6.